The van der Waals surface area contributed by atoms with Gasteiger partial charge in [-0.15, -0.1) is 24.0 Å². The van der Waals surface area contributed by atoms with Crippen molar-refractivity contribution in [2.75, 3.05) is 20.2 Å². The number of aromatic nitrogens is 2. The van der Waals surface area contributed by atoms with Crippen LogP contribution in [0.1, 0.15) is 11.1 Å². The van der Waals surface area contributed by atoms with Crippen LogP contribution < -0.4 is 15.4 Å². The van der Waals surface area contributed by atoms with Crippen molar-refractivity contribution >= 4 is 41.5 Å². The van der Waals surface area contributed by atoms with Gasteiger partial charge in [0.1, 0.15) is 5.15 Å². The van der Waals surface area contributed by atoms with Gasteiger partial charge in [0.2, 0.25) is 5.88 Å². The summed E-state index contributed by atoms with van der Waals surface area (Å²) in [4.78, 5) is 11.9. The fourth-order valence-corrected chi connectivity index (χ4v) is 2.19. The lowest BCUT2D eigenvalue weighted by atomic mass is 10.2. The maximum Gasteiger partial charge on any atom is 0.422 e. The molecule has 2 heterocycles. The molecule has 2 N–H and O–H groups in total. The van der Waals surface area contributed by atoms with E-state index in [1.54, 1.807) is 25.4 Å². The van der Waals surface area contributed by atoms with Crippen molar-refractivity contribution in [3.8, 4) is 5.88 Å². The summed E-state index contributed by atoms with van der Waals surface area (Å²) < 4.78 is 41.2. The number of halogens is 5. The van der Waals surface area contributed by atoms with E-state index in [1.165, 1.54) is 12.3 Å². The van der Waals surface area contributed by atoms with Crippen LogP contribution in [0, 0.1) is 0 Å². The first-order valence-electron chi connectivity index (χ1n) is 8.05. The number of ether oxygens (including phenoxy) is 1. The van der Waals surface area contributed by atoms with E-state index in [0.717, 1.165) is 12.0 Å². The molecule has 0 atom stereocenters. The molecule has 2 aromatic heterocycles. The normalized spacial score (nSPS) is 11.5. The van der Waals surface area contributed by atoms with Gasteiger partial charge in [0, 0.05) is 38.6 Å². The summed E-state index contributed by atoms with van der Waals surface area (Å²) in [6, 6.07) is 6.75. The molecule has 0 aliphatic heterocycles. The van der Waals surface area contributed by atoms with E-state index in [2.05, 4.69) is 30.3 Å². The zero-order chi connectivity index (χ0) is 19.7. The molecule has 0 saturated heterocycles. The standard InChI is InChI=1S/C17H19ClF3N5O.HI/c1-22-16(24-7-4-12-2-3-14(18)25-9-12)26-10-13-5-6-23-15(8-13)27-11-17(19,20)21;/h2-3,5-6,8-9H,4,7,10-11H2,1H3,(H2,22,24,26);1H. The summed E-state index contributed by atoms with van der Waals surface area (Å²) in [6.07, 6.45) is -0.566. The van der Waals surface area contributed by atoms with Crippen LogP contribution in [-0.4, -0.2) is 42.3 Å². The van der Waals surface area contributed by atoms with Crippen LogP contribution in [0.15, 0.2) is 41.7 Å². The highest BCUT2D eigenvalue weighted by molar-refractivity contribution is 14.0. The molecule has 0 bridgehead atoms. The monoisotopic (exact) mass is 529 g/mol. The molecular formula is C17H20ClF3IN5O. The molecule has 2 aromatic rings. The molecule has 11 heteroatoms. The van der Waals surface area contributed by atoms with Crippen molar-refractivity contribution in [1.82, 2.24) is 20.6 Å². The lowest BCUT2D eigenvalue weighted by Crippen LogP contribution is -2.37. The van der Waals surface area contributed by atoms with Gasteiger partial charge < -0.3 is 15.4 Å². The average Bonchev–Trinajstić information content (AvgIpc) is 2.64. The third-order valence-corrected chi connectivity index (χ3v) is 3.58. The Hall–Kier alpha value is -1.82. The highest BCUT2D eigenvalue weighted by atomic mass is 127. The molecular weight excluding hydrogens is 510 g/mol. The van der Waals surface area contributed by atoms with Gasteiger partial charge in [-0.25, -0.2) is 9.97 Å². The Labute approximate surface area is 183 Å². The van der Waals surface area contributed by atoms with Gasteiger partial charge >= 0.3 is 6.18 Å². The Morgan fingerprint density at radius 1 is 1.18 bits per heavy atom. The van der Waals surface area contributed by atoms with Crippen molar-refractivity contribution in [1.29, 1.82) is 0 Å². The van der Waals surface area contributed by atoms with Crippen LogP contribution in [0.25, 0.3) is 0 Å². The Bertz CT molecular complexity index is 759. The van der Waals surface area contributed by atoms with Crippen molar-refractivity contribution in [3.63, 3.8) is 0 Å². The summed E-state index contributed by atoms with van der Waals surface area (Å²) in [6.45, 7) is -0.397. The Kier molecular flexibility index (Phi) is 10.3. The van der Waals surface area contributed by atoms with E-state index in [4.69, 9.17) is 11.6 Å². The minimum absolute atomic E-state index is 0. The molecule has 0 aliphatic carbocycles. The molecule has 0 spiro atoms. The number of rotatable bonds is 7. The third-order valence-electron chi connectivity index (χ3n) is 3.36. The summed E-state index contributed by atoms with van der Waals surface area (Å²) in [5.74, 6) is 0.483. The Balaban J connectivity index is 0.00000392. The highest BCUT2D eigenvalue weighted by Crippen LogP contribution is 2.17. The van der Waals surface area contributed by atoms with Crippen LogP contribution >= 0.6 is 35.6 Å². The smallest absolute Gasteiger partial charge is 0.422 e. The van der Waals surface area contributed by atoms with Crippen LogP contribution in [0.4, 0.5) is 13.2 Å². The molecule has 0 saturated carbocycles. The number of hydrogen-bond acceptors (Lipinski definition) is 4. The first-order valence-corrected chi connectivity index (χ1v) is 8.43. The van der Waals surface area contributed by atoms with Gasteiger partial charge in [0.15, 0.2) is 12.6 Å². The number of aliphatic imine (C=N–C) groups is 1. The summed E-state index contributed by atoms with van der Waals surface area (Å²) in [5.41, 5.74) is 1.75. The molecule has 0 fully saturated rings. The highest BCUT2D eigenvalue weighted by Gasteiger charge is 2.28. The van der Waals surface area contributed by atoms with E-state index in [0.29, 0.717) is 29.8 Å². The Morgan fingerprint density at radius 3 is 2.61 bits per heavy atom. The second-order valence-electron chi connectivity index (χ2n) is 5.50. The molecule has 28 heavy (non-hydrogen) atoms. The van der Waals surface area contributed by atoms with Gasteiger partial charge in [-0.2, -0.15) is 13.2 Å². The quantitative estimate of drug-likeness (QED) is 0.248. The largest absolute Gasteiger partial charge is 0.468 e. The summed E-state index contributed by atoms with van der Waals surface area (Å²) in [7, 11) is 1.63. The van der Waals surface area contributed by atoms with E-state index in [9.17, 15) is 13.2 Å². The molecule has 0 aliphatic rings. The van der Waals surface area contributed by atoms with Crippen molar-refractivity contribution in [3.05, 3.63) is 52.9 Å². The van der Waals surface area contributed by atoms with E-state index >= 15 is 0 Å². The molecule has 6 nitrogen and oxygen atoms in total. The van der Waals surface area contributed by atoms with Crippen LogP contribution in [0.5, 0.6) is 5.88 Å². The average molecular weight is 530 g/mol. The number of pyridine rings is 2. The van der Waals surface area contributed by atoms with Crippen molar-refractivity contribution in [2.45, 2.75) is 19.1 Å². The predicted molar refractivity (Wildman–Crippen MR) is 112 cm³/mol. The molecule has 0 aromatic carbocycles. The van der Waals surface area contributed by atoms with Gasteiger partial charge in [0.25, 0.3) is 0 Å². The van der Waals surface area contributed by atoms with Gasteiger partial charge in [-0.1, -0.05) is 17.7 Å². The number of nitrogens with one attached hydrogen (secondary N) is 2. The maximum absolute atomic E-state index is 12.2. The first kappa shape index (κ1) is 24.2. The minimum Gasteiger partial charge on any atom is -0.468 e. The first-order chi connectivity index (χ1) is 12.9. The van der Waals surface area contributed by atoms with Crippen LogP contribution in [0.3, 0.4) is 0 Å². The molecule has 0 unspecified atom stereocenters. The van der Waals surface area contributed by atoms with Crippen LogP contribution in [-0.2, 0) is 13.0 Å². The SMILES string of the molecule is CN=C(NCCc1ccc(Cl)nc1)NCc1ccnc(OCC(F)(F)F)c1.I. The lowest BCUT2D eigenvalue weighted by Gasteiger charge is -2.13. The zero-order valence-electron chi connectivity index (χ0n) is 15.0. The second kappa shape index (κ2) is 11.9. The van der Waals surface area contributed by atoms with Crippen LogP contribution in [0.2, 0.25) is 5.15 Å². The number of alkyl halides is 3. The topological polar surface area (TPSA) is 71.4 Å². The summed E-state index contributed by atoms with van der Waals surface area (Å²) >= 11 is 5.75. The molecule has 0 radical (unpaired) electrons. The number of guanidine groups is 1. The van der Waals surface area contributed by atoms with Crippen molar-refractivity contribution < 1.29 is 17.9 Å². The maximum atomic E-state index is 12.2. The fourth-order valence-electron chi connectivity index (χ4n) is 2.08. The van der Waals surface area contributed by atoms with Gasteiger partial charge in [-0.05, 0) is 29.7 Å². The molecule has 154 valence electrons. The van der Waals surface area contributed by atoms with Gasteiger partial charge in [-0.3, -0.25) is 4.99 Å². The number of nitrogens with zero attached hydrogens (tertiary/aromatic N) is 3. The van der Waals surface area contributed by atoms with E-state index in [1.807, 2.05) is 6.07 Å². The zero-order valence-corrected chi connectivity index (χ0v) is 18.0. The third kappa shape index (κ3) is 9.40. The minimum atomic E-state index is -4.40. The Morgan fingerprint density at radius 2 is 1.96 bits per heavy atom. The number of hydrogen-bond donors (Lipinski definition) is 2. The molecule has 0 amide bonds. The summed E-state index contributed by atoms with van der Waals surface area (Å²) in [5, 5.41) is 6.67. The second-order valence-corrected chi connectivity index (χ2v) is 5.89. The fraction of sp³-hybridized carbons (Fsp3) is 0.353. The molecule has 2 rings (SSSR count). The van der Waals surface area contributed by atoms with Crippen molar-refractivity contribution in [2.24, 2.45) is 4.99 Å². The van der Waals surface area contributed by atoms with E-state index in [-0.39, 0.29) is 29.9 Å². The predicted octanol–water partition coefficient (Wildman–Crippen LogP) is 3.60. The van der Waals surface area contributed by atoms with Gasteiger partial charge in [0.05, 0.1) is 0 Å². The van der Waals surface area contributed by atoms with E-state index < -0.39 is 12.8 Å². The lowest BCUT2D eigenvalue weighted by molar-refractivity contribution is -0.154.